The molecule has 0 bridgehead atoms. The van der Waals surface area contributed by atoms with Crippen LogP contribution in [0.5, 0.6) is 0 Å². The SMILES string of the molecule is O=c1oc2c(cc(Cl)c3oc(N4CCOCC4)nc32)c2c1CCCC2. The van der Waals surface area contributed by atoms with Crippen molar-refractivity contribution in [1.82, 2.24) is 4.98 Å². The Hall–Kier alpha value is -2.05. The van der Waals surface area contributed by atoms with Crippen LogP contribution in [0.15, 0.2) is 19.7 Å². The van der Waals surface area contributed by atoms with Crippen LogP contribution in [0, 0.1) is 0 Å². The molecule has 5 rings (SSSR count). The molecule has 130 valence electrons. The van der Waals surface area contributed by atoms with Crippen molar-refractivity contribution in [2.45, 2.75) is 25.7 Å². The molecular formula is C18H17ClN2O4. The maximum absolute atomic E-state index is 12.4. The van der Waals surface area contributed by atoms with Crippen LogP contribution in [0.4, 0.5) is 6.01 Å². The smallest absolute Gasteiger partial charge is 0.339 e. The van der Waals surface area contributed by atoms with Crippen molar-refractivity contribution in [2.24, 2.45) is 0 Å². The van der Waals surface area contributed by atoms with Crippen LogP contribution in [0.2, 0.25) is 5.02 Å². The fraction of sp³-hybridized carbons (Fsp3) is 0.444. The van der Waals surface area contributed by atoms with Gasteiger partial charge in [0, 0.05) is 24.0 Å². The summed E-state index contributed by atoms with van der Waals surface area (Å²) in [6, 6.07) is 2.34. The molecule has 25 heavy (non-hydrogen) atoms. The van der Waals surface area contributed by atoms with Crippen LogP contribution in [0.3, 0.4) is 0 Å². The molecule has 0 amide bonds. The number of halogens is 1. The van der Waals surface area contributed by atoms with Crippen molar-refractivity contribution in [3.8, 4) is 0 Å². The molecule has 0 N–H and O–H groups in total. The van der Waals surface area contributed by atoms with Crippen LogP contribution >= 0.6 is 11.6 Å². The summed E-state index contributed by atoms with van der Waals surface area (Å²) in [7, 11) is 0. The van der Waals surface area contributed by atoms with Gasteiger partial charge in [0.15, 0.2) is 16.7 Å². The summed E-state index contributed by atoms with van der Waals surface area (Å²) in [5.41, 5.74) is 3.04. The largest absolute Gasteiger partial charge is 0.422 e. The molecule has 0 atom stereocenters. The van der Waals surface area contributed by atoms with Gasteiger partial charge in [-0.15, -0.1) is 0 Å². The molecule has 2 aliphatic rings. The zero-order valence-electron chi connectivity index (χ0n) is 13.6. The lowest BCUT2D eigenvalue weighted by Crippen LogP contribution is -2.36. The first-order valence-electron chi connectivity index (χ1n) is 8.62. The molecule has 0 spiro atoms. The molecule has 1 aromatic carbocycles. The molecule has 1 aliphatic heterocycles. The quantitative estimate of drug-likeness (QED) is 0.620. The standard InChI is InChI=1S/C18H17ClN2O4/c19-13-9-12-10-3-1-2-4-11(10)17(22)24-15(12)14-16(13)25-18(20-14)21-5-7-23-8-6-21/h9H,1-8H2. The molecular weight excluding hydrogens is 344 g/mol. The van der Waals surface area contributed by atoms with Gasteiger partial charge in [0.25, 0.3) is 6.01 Å². The second-order valence-electron chi connectivity index (χ2n) is 6.56. The molecule has 6 nitrogen and oxygen atoms in total. The Morgan fingerprint density at radius 2 is 1.80 bits per heavy atom. The fourth-order valence-corrected chi connectivity index (χ4v) is 4.05. The molecule has 7 heteroatoms. The Labute approximate surface area is 148 Å². The molecule has 0 unspecified atom stereocenters. The normalized spacial score (nSPS) is 18.0. The predicted molar refractivity (Wildman–Crippen MR) is 94.7 cm³/mol. The molecule has 0 saturated carbocycles. The summed E-state index contributed by atoms with van der Waals surface area (Å²) in [4.78, 5) is 19.0. The summed E-state index contributed by atoms with van der Waals surface area (Å²) in [6.45, 7) is 2.69. The van der Waals surface area contributed by atoms with Crippen molar-refractivity contribution in [3.05, 3.63) is 32.6 Å². The van der Waals surface area contributed by atoms with E-state index in [1.807, 2.05) is 11.0 Å². The number of aromatic nitrogens is 1. The minimum atomic E-state index is -0.262. The topological polar surface area (TPSA) is 68.7 Å². The highest BCUT2D eigenvalue weighted by Crippen LogP contribution is 2.37. The van der Waals surface area contributed by atoms with Gasteiger partial charge in [-0.05, 0) is 37.3 Å². The van der Waals surface area contributed by atoms with E-state index >= 15 is 0 Å². The Kier molecular flexibility index (Phi) is 3.50. The number of rotatable bonds is 1. The Morgan fingerprint density at radius 3 is 2.60 bits per heavy atom. The monoisotopic (exact) mass is 360 g/mol. The molecule has 2 aromatic heterocycles. The lowest BCUT2D eigenvalue weighted by atomic mass is 9.90. The van der Waals surface area contributed by atoms with Gasteiger partial charge in [-0.1, -0.05) is 11.6 Å². The highest BCUT2D eigenvalue weighted by atomic mass is 35.5. The number of ether oxygens (including phenoxy) is 1. The van der Waals surface area contributed by atoms with Crippen LogP contribution in [0.25, 0.3) is 22.1 Å². The van der Waals surface area contributed by atoms with E-state index in [0.29, 0.717) is 54.0 Å². The number of aryl methyl sites for hydroxylation is 1. The van der Waals surface area contributed by atoms with E-state index in [0.717, 1.165) is 42.2 Å². The molecule has 1 saturated heterocycles. The third-order valence-electron chi connectivity index (χ3n) is 5.08. The van der Waals surface area contributed by atoms with Crippen LogP contribution in [-0.2, 0) is 17.6 Å². The summed E-state index contributed by atoms with van der Waals surface area (Å²) in [5.74, 6) is 0. The number of oxazole rings is 1. The van der Waals surface area contributed by atoms with E-state index < -0.39 is 0 Å². The Bertz CT molecular complexity index is 1030. The number of hydrogen-bond donors (Lipinski definition) is 0. The van der Waals surface area contributed by atoms with Gasteiger partial charge in [0.1, 0.15) is 0 Å². The summed E-state index contributed by atoms with van der Waals surface area (Å²) >= 11 is 6.47. The van der Waals surface area contributed by atoms with E-state index in [-0.39, 0.29) is 5.63 Å². The zero-order chi connectivity index (χ0) is 17.0. The van der Waals surface area contributed by atoms with Gasteiger partial charge >= 0.3 is 5.63 Å². The maximum Gasteiger partial charge on any atom is 0.339 e. The molecule has 1 aliphatic carbocycles. The maximum atomic E-state index is 12.4. The molecule has 0 radical (unpaired) electrons. The third kappa shape index (κ3) is 2.35. The summed E-state index contributed by atoms with van der Waals surface area (Å²) in [5, 5.41) is 1.38. The molecule has 3 heterocycles. The van der Waals surface area contributed by atoms with Gasteiger partial charge in [-0.25, -0.2) is 4.79 Å². The van der Waals surface area contributed by atoms with E-state index in [1.54, 1.807) is 0 Å². The summed E-state index contributed by atoms with van der Waals surface area (Å²) in [6.07, 6.45) is 3.72. The lowest BCUT2D eigenvalue weighted by molar-refractivity contribution is 0.120. The average Bonchev–Trinajstić information content (AvgIpc) is 3.10. The first kappa shape index (κ1) is 15.2. The number of morpholine rings is 1. The predicted octanol–water partition coefficient (Wildman–Crippen LogP) is 3.30. The Balaban J connectivity index is 1.78. The van der Waals surface area contributed by atoms with Gasteiger partial charge in [-0.3, -0.25) is 0 Å². The van der Waals surface area contributed by atoms with Crippen molar-refractivity contribution in [1.29, 1.82) is 0 Å². The van der Waals surface area contributed by atoms with Gasteiger partial charge in [0.2, 0.25) is 0 Å². The van der Waals surface area contributed by atoms with E-state index in [9.17, 15) is 4.79 Å². The Morgan fingerprint density at radius 1 is 1.04 bits per heavy atom. The van der Waals surface area contributed by atoms with Gasteiger partial charge < -0.3 is 18.5 Å². The third-order valence-corrected chi connectivity index (χ3v) is 5.36. The van der Waals surface area contributed by atoms with Gasteiger partial charge in [0.05, 0.1) is 18.2 Å². The van der Waals surface area contributed by atoms with Crippen molar-refractivity contribution >= 4 is 39.7 Å². The highest BCUT2D eigenvalue weighted by Gasteiger charge is 2.24. The van der Waals surface area contributed by atoms with E-state index in [1.165, 1.54) is 0 Å². The van der Waals surface area contributed by atoms with Crippen molar-refractivity contribution in [3.63, 3.8) is 0 Å². The number of nitrogens with zero attached hydrogens (tertiary/aromatic N) is 2. The van der Waals surface area contributed by atoms with Gasteiger partial charge in [-0.2, -0.15) is 4.98 Å². The van der Waals surface area contributed by atoms with E-state index in [2.05, 4.69) is 4.98 Å². The molecule has 3 aromatic rings. The second kappa shape index (κ2) is 5.75. The molecule has 1 fully saturated rings. The minimum Gasteiger partial charge on any atom is -0.422 e. The van der Waals surface area contributed by atoms with Crippen LogP contribution in [0.1, 0.15) is 24.0 Å². The highest BCUT2D eigenvalue weighted by molar-refractivity contribution is 6.36. The number of benzene rings is 1. The first-order valence-corrected chi connectivity index (χ1v) is 9.00. The number of anilines is 1. The van der Waals surface area contributed by atoms with Crippen LogP contribution in [-0.4, -0.2) is 31.3 Å². The minimum absolute atomic E-state index is 0.262. The number of hydrogen-bond acceptors (Lipinski definition) is 6. The zero-order valence-corrected chi connectivity index (χ0v) is 14.4. The number of fused-ring (bicyclic) bond motifs is 5. The van der Waals surface area contributed by atoms with Crippen molar-refractivity contribution in [2.75, 3.05) is 31.2 Å². The summed E-state index contributed by atoms with van der Waals surface area (Å²) < 4.78 is 16.9. The average molecular weight is 361 g/mol. The lowest BCUT2D eigenvalue weighted by Gasteiger charge is -2.24. The fourth-order valence-electron chi connectivity index (χ4n) is 3.81. The van der Waals surface area contributed by atoms with Crippen molar-refractivity contribution < 1.29 is 13.6 Å². The van der Waals surface area contributed by atoms with Crippen LogP contribution < -0.4 is 10.5 Å². The van der Waals surface area contributed by atoms with E-state index in [4.69, 9.17) is 25.2 Å². The first-order chi connectivity index (χ1) is 12.2. The second-order valence-corrected chi connectivity index (χ2v) is 6.97.